The molecule has 0 unspecified atom stereocenters. The van der Waals surface area contributed by atoms with E-state index < -0.39 is 0 Å². The predicted molar refractivity (Wildman–Crippen MR) is 112 cm³/mol. The number of nitrogens with one attached hydrogen (secondary N) is 1. The summed E-state index contributed by atoms with van der Waals surface area (Å²) in [6.45, 7) is 6.41. The van der Waals surface area contributed by atoms with Gasteiger partial charge in [-0.05, 0) is 57.4 Å². The zero-order valence-electron chi connectivity index (χ0n) is 17.1. The van der Waals surface area contributed by atoms with Gasteiger partial charge in [0.05, 0.1) is 18.2 Å². The van der Waals surface area contributed by atoms with E-state index in [0.29, 0.717) is 12.6 Å². The maximum atomic E-state index is 12.7. The summed E-state index contributed by atoms with van der Waals surface area (Å²) in [4.78, 5) is 30.8. The summed E-state index contributed by atoms with van der Waals surface area (Å²) < 4.78 is 0. The van der Waals surface area contributed by atoms with Crippen LogP contribution in [0.3, 0.4) is 0 Å². The first kappa shape index (κ1) is 19.8. The molecule has 0 bridgehead atoms. The van der Waals surface area contributed by atoms with Crippen LogP contribution in [0.2, 0.25) is 0 Å². The number of pyridine rings is 1. The highest BCUT2D eigenvalue weighted by molar-refractivity contribution is 5.78. The predicted octanol–water partition coefficient (Wildman–Crippen LogP) is 2.18. The van der Waals surface area contributed by atoms with Crippen LogP contribution in [0.5, 0.6) is 0 Å². The molecule has 1 atom stereocenters. The second-order valence-corrected chi connectivity index (χ2v) is 8.09. The van der Waals surface area contributed by atoms with Gasteiger partial charge in [0.1, 0.15) is 0 Å². The molecule has 29 heavy (non-hydrogen) atoms. The van der Waals surface area contributed by atoms with E-state index in [1.807, 2.05) is 37.4 Å². The van der Waals surface area contributed by atoms with E-state index >= 15 is 0 Å². The van der Waals surface area contributed by atoms with E-state index in [0.717, 1.165) is 69.2 Å². The van der Waals surface area contributed by atoms with Gasteiger partial charge in [0.25, 0.3) is 0 Å². The number of aromatic nitrogens is 3. The highest BCUT2D eigenvalue weighted by Crippen LogP contribution is 2.25. The van der Waals surface area contributed by atoms with Gasteiger partial charge in [-0.1, -0.05) is 6.07 Å². The lowest BCUT2D eigenvalue weighted by Crippen LogP contribution is -2.51. The van der Waals surface area contributed by atoms with Crippen LogP contribution in [-0.2, 0) is 11.3 Å². The summed E-state index contributed by atoms with van der Waals surface area (Å²) in [5.41, 5.74) is 1.91. The number of piperidine rings is 2. The van der Waals surface area contributed by atoms with Gasteiger partial charge in [0.2, 0.25) is 11.9 Å². The number of hydrogen-bond donors (Lipinski definition) is 1. The molecule has 0 radical (unpaired) electrons. The first-order valence-electron chi connectivity index (χ1n) is 10.7. The van der Waals surface area contributed by atoms with Crippen molar-refractivity contribution < 1.29 is 4.79 Å². The van der Waals surface area contributed by atoms with Crippen LogP contribution in [0, 0.1) is 12.8 Å². The number of carbonyl (C=O) groups is 1. The molecule has 7 heteroatoms. The van der Waals surface area contributed by atoms with Crippen molar-refractivity contribution in [2.24, 2.45) is 5.92 Å². The summed E-state index contributed by atoms with van der Waals surface area (Å²) >= 11 is 0. The van der Waals surface area contributed by atoms with E-state index in [-0.39, 0.29) is 11.8 Å². The second kappa shape index (κ2) is 9.31. The number of nitrogens with zero attached hydrogens (tertiary/aromatic N) is 5. The Labute approximate surface area is 172 Å². The molecular weight excluding hydrogens is 364 g/mol. The molecule has 2 aromatic rings. The van der Waals surface area contributed by atoms with E-state index in [1.54, 1.807) is 6.20 Å². The first-order valence-corrected chi connectivity index (χ1v) is 10.7. The van der Waals surface area contributed by atoms with Gasteiger partial charge >= 0.3 is 0 Å². The molecule has 4 heterocycles. The van der Waals surface area contributed by atoms with Crippen LogP contribution in [0.1, 0.15) is 37.1 Å². The molecular formula is C22H30N6O. The van der Waals surface area contributed by atoms with Crippen molar-refractivity contribution in [3.63, 3.8) is 0 Å². The Balaban J connectivity index is 1.27. The third-order valence-corrected chi connectivity index (χ3v) is 6.04. The molecule has 2 aromatic heterocycles. The average molecular weight is 395 g/mol. The first-order chi connectivity index (χ1) is 14.2. The largest absolute Gasteiger partial charge is 0.350 e. The number of aryl methyl sites for hydroxylation is 1. The van der Waals surface area contributed by atoms with Crippen molar-refractivity contribution in [2.75, 3.05) is 31.1 Å². The summed E-state index contributed by atoms with van der Waals surface area (Å²) in [6, 6.07) is 8.26. The van der Waals surface area contributed by atoms with Crippen molar-refractivity contribution in [3.05, 3.63) is 48.0 Å². The molecule has 154 valence electrons. The summed E-state index contributed by atoms with van der Waals surface area (Å²) in [5.74, 6) is 1.07. The minimum Gasteiger partial charge on any atom is -0.350 e. The monoisotopic (exact) mass is 394 g/mol. The van der Waals surface area contributed by atoms with Crippen LogP contribution >= 0.6 is 0 Å². The quantitative estimate of drug-likeness (QED) is 0.838. The highest BCUT2D eigenvalue weighted by atomic mass is 16.1. The Morgan fingerprint density at radius 1 is 1.10 bits per heavy atom. The molecule has 7 nitrogen and oxygen atoms in total. The number of carbonyl (C=O) groups excluding carboxylic acids is 1. The van der Waals surface area contributed by atoms with Gasteiger partial charge in [-0.25, -0.2) is 9.97 Å². The van der Waals surface area contributed by atoms with Crippen molar-refractivity contribution in [2.45, 2.75) is 45.2 Å². The van der Waals surface area contributed by atoms with E-state index in [2.05, 4.69) is 30.1 Å². The molecule has 4 rings (SSSR count). The normalized spacial score (nSPS) is 21.1. The van der Waals surface area contributed by atoms with Crippen LogP contribution in [-0.4, -0.2) is 58.0 Å². The zero-order valence-corrected chi connectivity index (χ0v) is 17.1. The van der Waals surface area contributed by atoms with Gasteiger partial charge in [-0.2, -0.15) is 0 Å². The van der Waals surface area contributed by atoms with Gasteiger partial charge in [-0.15, -0.1) is 0 Å². The lowest BCUT2D eigenvalue weighted by Gasteiger charge is -2.42. The van der Waals surface area contributed by atoms with E-state index in [4.69, 9.17) is 0 Å². The molecule has 0 saturated carbocycles. The Bertz CT molecular complexity index is 806. The molecule has 1 amide bonds. The smallest absolute Gasteiger partial charge is 0.225 e. The van der Waals surface area contributed by atoms with Gasteiger partial charge in [0.15, 0.2) is 0 Å². The highest BCUT2D eigenvalue weighted by Gasteiger charge is 2.32. The fourth-order valence-electron chi connectivity index (χ4n) is 4.40. The standard InChI is InChI=1S/C22H30N6O/c1-17-7-11-24-22(26-17)27-13-8-20(9-14-27)28-12-4-5-18(16-28)21(29)25-15-19-6-2-3-10-23-19/h2-3,6-7,10-11,18,20H,4-5,8-9,12-16H2,1H3,(H,25,29)/t18-/m0/s1. The molecule has 0 spiro atoms. The topological polar surface area (TPSA) is 74.2 Å². The third kappa shape index (κ3) is 5.09. The average Bonchev–Trinajstić information content (AvgIpc) is 2.78. The van der Waals surface area contributed by atoms with Crippen molar-refractivity contribution in [1.29, 1.82) is 0 Å². The Hall–Kier alpha value is -2.54. The number of amides is 1. The molecule has 2 aliphatic rings. The SMILES string of the molecule is Cc1ccnc(N2CCC(N3CCC[C@H](C(=O)NCc4ccccn4)C3)CC2)n1. The minimum absolute atomic E-state index is 0.0746. The Morgan fingerprint density at radius 2 is 1.97 bits per heavy atom. The Morgan fingerprint density at radius 3 is 2.72 bits per heavy atom. The summed E-state index contributed by atoms with van der Waals surface area (Å²) in [5, 5.41) is 3.07. The molecule has 0 aromatic carbocycles. The van der Waals surface area contributed by atoms with Gasteiger partial charge in [0, 0.05) is 43.8 Å². The van der Waals surface area contributed by atoms with Crippen molar-refractivity contribution in [1.82, 2.24) is 25.2 Å². The molecule has 2 aliphatic heterocycles. The van der Waals surface area contributed by atoms with Crippen LogP contribution in [0.15, 0.2) is 36.7 Å². The number of likely N-dealkylation sites (tertiary alicyclic amines) is 1. The lowest BCUT2D eigenvalue weighted by molar-refractivity contribution is -0.127. The molecule has 1 N–H and O–H groups in total. The van der Waals surface area contributed by atoms with Crippen LogP contribution < -0.4 is 10.2 Å². The molecule has 0 aliphatic carbocycles. The van der Waals surface area contributed by atoms with Crippen molar-refractivity contribution in [3.8, 4) is 0 Å². The number of rotatable bonds is 5. The summed E-state index contributed by atoms with van der Waals surface area (Å²) in [6.07, 6.45) is 7.85. The number of anilines is 1. The fourth-order valence-corrected chi connectivity index (χ4v) is 4.40. The fraction of sp³-hybridized carbons (Fsp3) is 0.545. The second-order valence-electron chi connectivity index (χ2n) is 8.09. The van der Waals surface area contributed by atoms with Gasteiger partial charge < -0.3 is 10.2 Å². The Kier molecular flexibility index (Phi) is 6.34. The minimum atomic E-state index is 0.0746. The van der Waals surface area contributed by atoms with Crippen molar-refractivity contribution >= 4 is 11.9 Å². The van der Waals surface area contributed by atoms with E-state index in [1.165, 1.54) is 0 Å². The van der Waals surface area contributed by atoms with Crippen LogP contribution in [0.4, 0.5) is 5.95 Å². The van der Waals surface area contributed by atoms with Crippen LogP contribution in [0.25, 0.3) is 0 Å². The third-order valence-electron chi connectivity index (χ3n) is 6.04. The summed E-state index contributed by atoms with van der Waals surface area (Å²) in [7, 11) is 0. The van der Waals surface area contributed by atoms with E-state index in [9.17, 15) is 4.79 Å². The number of hydrogen-bond acceptors (Lipinski definition) is 6. The zero-order chi connectivity index (χ0) is 20.1. The maximum absolute atomic E-state index is 12.7. The maximum Gasteiger partial charge on any atom is 0.225 e. The molecule has 2 saturated heterocycles. The van der Waals surface area contributed by atoms with Gasteiger partial charge in [-0.3, -0.25) is 14.7 Å². The lowest BCUT2D eigenvalue weighted by atomic mass is 9.93. The molecule has 2 fully saturated rings.